The Kier molecular flexibility index (Phi) is 3.05. The van der Waals surface area contributed by atoms with Crippen molar-refractivity contribution in [3.63, 3.8) is 0 Å². The number of nitrogens with zero attached hydrogens (tertiary/aromatic N) is 1. The molecular weight excluding hydrogens is 286 g/mol. The van der Waals surface area contributed by atoms with Crippen molar-refractivity contribution < 1.29 is 5.21 Å². The second-order valence-electron chi connectivity index (χ2n) is 5.45. The van der Waals surface area contributed by atoms with E-state index in [4.69, 9.17) is 0 Å². The minimum atomic E-state index is -0.0334. The van der Waals surface area contributed by atoms with Crippen molar-refractivity contribution in [3.8, 4) is 0 Å². The number of rotatable bonds is 2. The first-order valence-electron chi connectivity index (χ1n) is 7.35. The fourth-order valence-corrected chi connectivity index (χ4v) is 3.08. The lowest BCUT2D eigenvalue weighted by molar-refractivity contribution is 0.320. The quantitative estimate of drug-likeness (QED) is 0.351. The third-order valence-corrected chi connectivity index (χ3v) is 4.14. The number of oxime groups is 1. The van der Waals surface area contributed by atoms with E-state index in [0.717, 1.165) is 21.7 Å². The zero-order valence-corrected chi connectivity index (χ0v) is 12.2. The zero-order chi connectivity index (χ0) is 15.8. The fourth-order valence-electron chi connectivity index (χ4n) is 3.08. The molecule has 1 N–H and O–H groups in total. The Balaban J connectivity index is 2.08. The molecule has 3 heteroatoms. The molecule has 110 valence electrons. The van der Waals surface area contributed by atoms with Crippen LogP contribution in [-0.2, 0) is 0 Å². The Hall–Kier alpha value is -3.20. The molecule has 3 nitrogen and oxygen atoms in total. The molecule has 0 aliphatic heterocycles. The minimum absolute atomic E-state index is 0.0334. The minimum Gasteiger partial charge on any atom is -0.410 e. The summed E-state index contributed by atoms with van der Waals surface area (Å²) >= 11 is 0. The Morgan fingerprint density at radius 1 is 0.870 bits per heavy atom. The van der Waals surface area contributed by atoms with Gasteiger partial charge in [-0.2, -0.15) is 0 Å². The molecule has 0 aliphatic rings. The number of benzene rings is 3. The van der Waals surface area contributed by atoms with E-state index in [2.05, 4.69) is 5.16 Å². The summed E-state index contributed by atoms with van der Waals surface area (Å²) in [6.45, 7) is 0. The van der Waals surface area contributed by atoms with Gasteiger partial charge in [0.2, 0.25) is 0 Å². The van der Waals surface area contributed by atoms with Crippen molar-refractivity contribution in [3.05, 3.63) is 87.7 Å². The van der Waals surface area contributed by atoms with Crippen molar-refractivity contribution in [2.45, 2.75) is 0 Å². The molecule has 0 unspecified atom stereocenters. The van der Waals surface area contributed by atoms with E-state index < -0.39 is 0 Å². The van der Waals surface area contributed by atoms with Crippen LogP contribution in [0.3, 0.4) is 0 Å². The van der Waals surface area contributed by atoms with Gasteiger partial charge in [0.1, 0.15) is 5.71 Å². The molecule has 23 heavy (non-hydrogen) atoms. The molecule has 0 heterocycles. The van der Waals surface area contributed by atoms with Crippen molar-refractivity contribution >= 4 is 33.3 Å². The largest absolute Gasteiger partial charge is 0.410 e. The summed E-state index contributed by atoms with van der Waals surface area (Å²) in [4.78, 5) is 12.8. The molecule has 0 amide bonds. The second-order valence-corrected chi connectivity index (χ2v) is 5.45. The van der Waals surface area contributed by atoms with Gasteiger partial charge in [-0.1, -0.05) is 71.9 Å². The molecule has 4 rings (SSSR count). The smallest absolute Gasteiger partial charge is 0.194 e. The van der Waals surface area contributed by atoms with Gasteiger partial charge in [0, 0.05) is 21.6 Å². The molecule has 0 atom stereocenters. The molecule has 0 radical (unpaired) electrons. The lowest BCUT2D eigenvalue weighted by Gasteiger charge is -1.98. The summed E-state index contributed by atoms with van der Waals surface area (Å²) in [5, 5.41) is 16.9. The monoisotopic (exact) mass is 299 g/mol. The van der Waals surface area contributed by atoms with E-state index in [9.17, 15) is 10.0 Å². The molecule has 0 aliphatic carbocycles. The lowest BCUT2D eigenvalue weighted by atomic mass is 10.1. The maximum Gasteiger partial charge on any atom is 0.194 e. The van der Waals surface area contributed by atoms with E-state index in [-0.39, 0.29) is 5.43 Å². The number of hydrogen-bond acceptors (Lipinski definition) is 3. The van der Waals surface area contributed by atoms with Crippen LogP contribution in [0.4, 0.5) is 0 Å². The van der Waals surface area contributed by atoms with Crippen molar-refractivity contribution in [1.82, 2.24) is 0 Å². The highest BCUT2D eigenvalue weighted by molar-refractivity contribution is 6.22. The van der Waals surface area contributed by atoms with Crippen LogP contribution in [0, 0.1) is 0 Å². The van der Waals surface area contributed by atoms with Gasteiger partial charge in [-0.15, -0.1) is 0 Å². The standard InChI is InChI=1S/C20H13NO2/c22-20-16-11-5-9-14-8-4-10-15(19(14)16)17(20)12-18(21-23)13-6-2-1-3-7-13/h1-12,23H. The van der Waals surface area contributed by atoms with Crippen molar-refractivity contribution in [2.75, 3.05) is 0 Å². The molecule has 0 spiro atoms. The predicted molar refractivity (Wildman–Crippen MR) is 93.4 cm³/mol. The highest BCUT2D eigenvalue weighted by Crippen LogP contribution is 2.22. The third-order valence-electron chi connectivity index (χ3n) is 4.14. The first kappa shape index (κ1) is 13.5. The Bertz CT molecular complexity index is 1130. The predicted octanol–water partition coefficient (Wildman–Crippen LogP) is 3.17. The summed E-state index contributed by atoms with van der Waals surface area (Å²) in [7, 11) is 0. The average molecular weight is 299 g/mol. The van der Waals surface area contributed by atoms with Gasteiger partial charge >= 0.3 is 0 Å². The Morgan fingerprint density at radius 2 is 1.57 bits per heavy atom. The van der Waals surface area contributed by atoms with Gasteiger partial charge in [0.15, 0.2) is 5.43 Å². The molecule has 4 aromatic carbocycles. The van der Waals surface area contributed by atoms with Gasteiger partial charge in [0.05, 0.1) is 0 Å². The van der Waals surface area contributed by atoms with Crippen LogP contribution < -0.4 is 10.6 Å². The molecule has 0 saturated carbocycles. The van der Waals surface area contributed by atoms with Crippen molar-refractivity contribution in [2.24, 2.45) is 5.16 Å². The zero-order valence-electron chi connectivity index (χ0n) is 12.2. The Morgan fingerprint density at radius 3 is 2.26 bits per heavy atom. The van der Waals surface area contributed by atoms with Gasteiger partial charge in [-0.05, 0) is 16.8 Å². The van der Waals surface area contributed by atoms with E-state index >= 15 is 0 Å². The van der Waals surface area contributed by atoms with E-state index in [0.29, 0.717) is 16.3 Å². The molecule has 0 aromatic heterocycles. The van der Waals surface area contributed by atoms with Crippen LogP contribution >= 0.6 is 0 Å². The van der Waals surface area contributed by atoms with Crippen LogP contribution in [0.25, 0.3) is 27.6 Å². The van der Waals surface area contributed by atoms with E-state index in [1.165, 1.54) is 0 Å². The van der Waals surface area contributed by atoms with Crippen LogP contribution in [0.1, 0.15) is 5.56 Å². The molecule has 0 saturated heterocycles. The highest BCUT2D eigenvalue weighted by Gasteiger charge is 2.11. The second kappa shape index (κ2) is 5.21. The van der Waals surface area contributed by atoms with Crippen molar-refractivity contribution in [1.29, 1.82) is 0 Å². The molecule has 4 aromatic rings. The van der Waals surface area contributed by atoms with Gasteiger partial charge in [-0.3, -0.25) is 4.79 Å². The molecular formula is C20H13NO2. The maximum absolute atomic E-state index is 12.8. The van der Waals surface area contributed by atoms with Crippen LogP contribution in [-0.4, -0.2) is 10.9 Å². The highest BCUT2D eigenvalue weighted by atomic mass is 16.4. The summed E-state index contributed by atoms with van der Waals surface area (Å²) < 4.78 is 0. The summed E-state index contributed by atoms with van der Waals surface area (Å²) in [5.74, 6) is 0. The van der Waals surface area contributed by atoms with E-state index in [1.54, 1.807) is 6.08 Å². The fraction of sp³-hybridized carbons (Fsp3) is 0. The molecule has 0 bridgehead atoms. The van der Waals surface area contributed by atoms with Gasteiger partial charge in [-0.25, -0.2) is 0 Å². The summed E-state index contributed by atoms with van der Waals surface area (Å²) in [5.41, 5.74) is 1.10. The SMILES string of the molecule is O=c1c(=CC(=NO)c2ccccc2)c2cccc3cccc1c32. The lowest BCUT2D eigenvalue weighted by Crippen LogP contribution is -2.21. The first-order valence-corrected chi connectivity index (χ1v) is 7.35. The number of hydrogen-bond donors (Lipinski definition) is 1. The summed E-state index contributed by atoms with van der Waals surface area (Å²) in [6, 6.07) is 20.9. The summed E-state index contributed by atoms with van der Waals surface area (Å²) in [6.07, 6.45) is 1.66. The van der Waals surface area contributed by atoms with Gasteiger partial charge in [0.25, 0.3) is 0 Å². The normalized spacial score (nSPS) is 13.2. The third kappa shape index (κ3) is 2.06. The molecule has 0 fully saturated rings. The maximum atomic E-state index is 12.8. The van der Waals surface area contributed by atoms with Gasteiger partial charge < -0.3 is 5.21 Å². The van der Waals surface area contributed by atoms with Crippen LogP contribution in [0.5, 0.6) is 0 Å². The Labute approximate surface area is 132 Å². The topological polar surface area (TPSA) is 49.7 Å². The van der Waals surface area contributed by atoms with Crippen LogP contribution in [0.15, 0.2) is 76.7 Å². The van der Waals surface area contributed by atoms with E-state index in [1.807, 2.05) is 66.7 Å². The van der Waals surface area contributed by atoms with Crippen LogP contribution in [0.2, 0.25) is 0 Å². The first-order chi connectivity index (χ1) is 11.3. The average Bonchev–Trinajstić information content (AvgIpc) is 2.88.